The van der Waals surface area contributed by atoms with Crippen LogP contribution in [0, 0.1) is 40.8 Å². The van der Waals surface area contributed by atoms with Gasteiger partial charge in [-0.1, -0.05) is 18.2 Å². The Morgan fingerprint density at radius 1 is 1.23 bits per heavy atom. The van der Waals surface area contributed by atoms with Gasteiger partial charge in [0.15, 0.2) is 0 Å². The standard InChI is InChI=1S/C10H12O2.Nd/c1-8(2)12-10(11)9-6-4-3-5-7-9;/h3-8H,1-2H3;. The molecule has 0 heterocycles. The summed E-state index contributed by atoms with van der Waals surface area (Å²) in [6.07, 6.45) is -0.0577. The number of esters is 1. The van der Waals surface area contributed by atoms with Crippen molar-refractivity contribution >= 4 is 5.97 Å². The van der Waals surface area contributed by atoms with Gasteiger partial charge in [-0.25, -0.2) is 4.79 Å². The zero-order valence-corrected chi connectivity index (χ0v) is 11.0. The Labute approximate surface area is 111 Å². The zero-order valence-electron chi connectivity index (χ0n) is 7.78. The van der Waals surface area contributed by atoms with Gasteiger partial charge in [0.1, 0.15) is 0 Å². The van der Waals surface area contributed by atoms with Gasteiger partial charge in [-0.3, -0.25) is 0 Å². The first-order chi connectivity index (χ1) is 5.70. The Hall–Kier alpha value is 0.0406. The second-order valence-corrected chi connectivity index (χ2v) is 2.82. The molecule has 13 heavy (non-hydrogen) atoms. The molecule has 0 radical (unpaired) electrons. The summed E-state index contributed by atoms with van der Waals surface area (Å²) in [6, 6.07) is 8.98. The van der Waals surface area contributed by atoms with E-state index in [9.17, 15) is 4.79 Å². The van der Waals surface area contributed by atoms with E-state index in [4.69, 9.17) is 4.74 Å². The van der Waals surface area contributed by atoms with Gasteiger partial charge >= 0.3 is 5.97 Å². The molecule has 0 atom stereocenters. The average molecular weight is 308 g/mol. The van der Waals surface area contributed by atoms with E-state index in [0.717, 1.165) is 0 Å². The molecule has 0 unspecified atom stereocenters. The van der Waals surface area contributed by atoms with Gasteiger partial charge in [0.2, 0.25) is 0 Å². The first-order valence-corrected chi connectivity index (χ1v) is 3.96. The molecule has 0 aliphatic rings. The fourth-order valence-electron chi connectivity index (χ4n) is 0.856. The van der Waals surface area contributed by atoms with Crippen molar-refractivity contribution in [2.75, 3.05) is 0 Å². The number of rotatable bonds is 2. The molecule has 0 saturated carbocycles. The van der Waals surface area contributed by atoms with Crippen molar-refractivity contribution in [1.82, 2.24) is 0 Å². The summed E-state index contributed by atoms with van der Waals surface area (Å²) in [7, 11) is 0. The summed E-state index contributed by atoms with van der Waals surface area (Å²) in [4.78, 5) is 11.2. The normalized spacial score (nSPS) is 9.15. The van der Waals surface area contributed by atoms with Crippen LogP contribution < -0.4 is 0 Å². The fraction of sp³-hybridized carbons (Fsp3) is 0.300. The molecule has 0 fully saturated rings. The molecule has 0 aliphatic heterocycles. The maximum Gasteiger partial charge on any atom is 0.338 e. The maximum absolute atomic E-state index is 11.2. The summed E-state index contributed by atoms with van der Waals surface area (Å²) in [5.74, 6) is -0.259. The smallest absolute Gasteiger partial charge is 0.338 e. The predicted octanol–water partition coefficient (Wildman–Crippen LogP) is 2.25. The average Bonchev–Trinajstić information content (AvgIpc) is 2.05. The molecule has 1 aromatic rings. The third-order valence-corrected chi connectivity index (χ3v) is 1.35. The van der Waals surface area contributed by atoms with Gasteiger partial charge in [0, 0.05) is 40.8 Å². The van der Waals surface area contributed by atoms with Gasteiger partial charge in [0.25, 0.3) is 0 Å². The summed E-state index contributed by atoms with van der Waals surface area (Å²) in [5, 5.41) is 0. The van der Waals surface area contributed by atoms with Crippen molar-refractivity contribution in [2.24, 2.45) is 0 Å². The fourth-order valence-corrected chi connectivity index (χ4v) is 0.856. The van der Waals surface area contributed by atoms with Gasteiger partial charge in [-0.2, -0.15) is 0 Å². The molecule has 0 aliphatic carbocycles. The SMILES string of the molecule is CC(C)OC(=O)c1ccccc1.[Nd]. The van der Waals surface area contributed by atoms with E-state index in [-0.39, 0.29) is 52.9 Å². The Bertz CT molecular complexity index is 257. The van der Waals surface area contributed by atoms with E-state index in [1.807, 2.05) is 32.0 Å². The Morgan fingerprint density at radius 3 is 2.23 bits per heavy atom. The number of ether oxygens (including phenoxy) is 1. The van der Waals surface area contributed by atoms with Crippen LogP contribution in [0.3, 0.4) is 0 Å². The minimum Gasteiger partial charge on any atom is -0.459 e. The van der Waals surface area contributed by atoms with Crippen LogP contribution in [0.5, 0.6) is 0 Å². The van der Waals surface area contributed by atoms with E-state index in [2.05, 4.69) is 0 Å². The van der Waals surface area contributed by atoms with Crippen LogP contribution in [0.25, 0.3) is 0 Å². The number of carbonyl (C=O) groups excluding carboxylic acids is 1. The van der Waals surface area contributed by atoms with Crippen LogP contribution in [0.1, 0.15) is 24.2 Å². The van der Waals surface area contributed by atoms with Crippen LogP contribution >= 0.6 is 0 Å². The van der Waals surface area contributed by atoms with Crippen LogP contribution in [0.4, 0.5) is 0 Å². The second kappa shape index (κ2) is 6.49. The largest absolute Gasteiger partial charge is 0.459 e. The molecule has 68 valence electrons. The maximum atomic E-state index is 11.2. The number of hydrogen-bond donors (Lipinski definition) is 0. The topological polar surface area (TPSA) is 26.3 Å². The summed E-state index contributed by atoms with van der Waals surface area (Å²) < 4.78 is 5.00. The van der Waals surface area contributed by atoms with Crippen molar-refractivity contribution in [2.45, 2.75) is 20.0 Å². The van der Waals surface area contributed by atoms with E-state index in [1.165, 1.54) is 0 Å². The summed E-state index contributed by atoms with van der Waals surface area (Å²) in [6.45, 7) is 3.67. The molecule has 1 aromatic carbocycles. The van der Waals surface area contributed by atoms with Crippen LogP contribution in [-0.4, -0.2) is 12.1 Å². The molecule has 1 rings (SSSR count). The van der Waals surface area contributed by atoms with Crippen molar-refractivity contribution in [1.29, 1.82) is 0 Å². The number of carbonyl (C=O) groups is 1. The van der Waals surface area contributed by atoms with E-state index >= 15 is 0 Å². The Kier molecular flexibility index (Phi) is 6.51. The monoisotopic (exact) mass is 306 g/mol. The Morgan fingerprint density at radius 2 is 1.77 bits per heavy atom. The number of hydrogen-bond acceptors (Lipinski definition) is 2. The van der Waals surface area contributed by atoms with E-state index in [0.29, 0.717) is 5.56 Å². The van der Waals surface area contributed by atoms with Crippen LogP contribution in [0.15, 0.2) is 30.3 Å². The molecular weight excluding hydrogens is 296 g/mol. The molecule has 0 aromatic heterocycles. The van der Waals surface area contributed by atoms with Gasteiger partial charge < -0.3 is 4.74 Å². The molecule has 0 amide bonds. The molecule has 0 saturated heterocycles. The van der Waals surface area contributed by atoms with Gasteiger partial charge in [-0.05, 0) is 26.0 Å². The van der Waals surface area contributed by atoms with Crippen molar-refractivity contribution < 1.29 is 50.4 Å². The van der Waals surface area contributed by atoms with Crippen LogP contribution in [-0.2, 0) is 4.74 Å². The first kappa shape index (κ1) is 13.0. The van der Waals surface area contributed by atoms with Crippen LogP contribution in [0.2, 0.25) is 0 Å². The van der Waals surface area contributed by atoms with E-state index < -0.39 is 0 Å². The third-order valence-electron chi connectivity index (χ3n) is 1.35. The minimum atomic E-state index is -0.259. The van der Waals surface area contributed by atoms with E-state index in [1.54, 1.807) is 12.1 Å². The Balaban J connectivity index is 0.00000144. The van der Waals surface area contributed by atoms with Gasteiger partial charge in [0.05, 0.1) is 11.7 Å². The molecule has 0 N–H and O–H groups in total. The van der Waals surface area contributed by atoms with Crippen molar-refractivity contribution in [3.8, 4) is 0 Å². The number of benzene rings is 1. The second-order valence-electron chi connectivity index (χ2n) is 2.82. The van der Waals surface area contributed by atoms with Crippen molar-refractivity contribution in [3.63, 3.8) is 0 Å². The predicted molar refractivity (Wildman–Crippen MR) is 47.0 cm³/mol. The zero-order chi connectivity index (χ0) is 8.97. The molecule has 2 nitrogen and oxygen atoms in total. The molecule has 0 spiro atoms. The minimum absolute atomic E-state index is 0. The molecule has 3 heteroatoms. The quantitative estimate of drug-likeness (QED) is 0.783. The van der Waals surface area contributed by atoms with Crippen molar-refractivity contribution in [3.05, 3.63) is 35.9 Å². The summed E-state index contributed by atoms with van der Waals surface area (Å²) in [5.41, 5.74) is 0.603. The van der Waals surface area contributed by atoms with Gasteiger partial charge in [-0.15, -0.1) is 0 Å². The molecule has 0 bridgehead atoms. The first-order valence-electron chi connectivity index (χ1n) is 3.96. The third kappa shape index (κ3) is 4.72. The summed E-state index contributed by atoms with van der Waals surface area (Å²) >= 11 is 0. The molecular formula is C10H12NdO2.